The molecule has 2 aromatic rings. The lowest BCUT2D eigenvalue weighted by Gasteiger charge is -2.34. The molecule has 1 N–H and O–H groups in total. The topological polar surface area (TPSA) is 67.9 Å². The van der Waals surface area contributed by atoms with Crippen LogP contribution >= 0.6 is 0 Å². The number of hydrogen-bond acceptors (Lipinski definition) is 4. The second kappa shape index (κ2) is 9.65. The number of hydrogen-bond donors (Lipinski definition) is 1. The number of anilines is 2. The molecular weight excluding hydrogens is 380 g/mol. The first-order valence-corrected chi connectivity index (χ1v) is 10.4. The summed E-state index contributed by atoms with van der Waals surface area (Å²) in [6, 6.07) is 13.3. The Bertz CT molecular complexity index is 893. The van der Waals surface area contributed by atoms with Crippen LogP contribution < -0.4 is 19.7 Å². The zero-order chi connectivity index (χ0) is 21.7. The van der Waals surface area contributed by atoms with Crippen LogP contribution in [0.15, 0.2) is 42.5 Å². The van der Waals surface area contributed by atoms with Gasteiger partial charge in [0, 0.05) is 24.7 Å². The minimum absolute atomic E-state index is 0.0402. The van der Waals surface area contributed by atoms with E-state index in [1.807, 2.05) is 37.3 Å². The number of fused-ring (bicyclic) bond motifs is 1. The number of carbonyl (C=O) groups excluding carboxylic acids is 2. The Morgan fingerprint density at radius 2 is 1.93 bits per heavy atom. The Morgan fingerprint density at radius 1 is 1.20 bits per heavy atom. The number of benzene rings is 2. The predicted octanol–water partition coefficient (Wildman–Crippen LogP) is 4.56. The van der Waals surface area contributed by atoms with Crippen LogP contribution in [0.3, 0.4) is 0 Å². The van der Waals surface area contributed by atoms with Crippen molar-refractivity contribution < 1.29 is 19.1 Å². The van der Waals surface area contributed by atoms with Gasteiger partial charge in [-0.2, -0.15) is 0 Å². The molecule has 30 heavy (non-hydrogen) atoms. The molecule has 0 fully saturated rings. The summed E-state index contributed by atoms with van der Waals surface area (Å²) >= 11 is 0. The van der Waals surface area contributed by atoms with Crippen molar-refractivity contribution in [2.75, 3.05) is 23.4 Å². The monoisotopic (exact) mass is 410 g/mol. The van der Waals surface area contributed by atoms with E-state index in [1.165, 1.54) is 5.56 Å². The normalized spacial score (nSPS) is 15.6. The highest BCUT2D eigenvalue weighted by molar-refractivity contribution is 6.00. The largest absolute Gasteiger partial charge is 0.494 e. The van der Waals surface area contributed by atoms with Gasteiger partial charge >= 0.3 is 0 Å². The molecule has 1 aliphatic rings. The van der Waals surface area contributed by atoms with E-state index in [4.69, 9.17) is 9.47 Å². The van der Waals surface area contributed by atoms with E-state index >= 15 is 0 Å². The summed E-state index contributed by atoms with van der Waals surface area (Å²) in [4.78, 5) is 26.5. The van der Waals surface area contributed by atoms with Crippen LogP contribution in [0, 0.1) is 12.8 Å². The zero-order valence-corrected chi connectivity index (χ0v) is 18.1. The van der Waals surface area contributed by atoms with E-state index in [-0.39, 0.29) is 11.8 Å². The van der Waals surface area contributed by atoms with E-state index in [9.17, 15) is 9.59 Å². The van der Waals surface area contributed by atoms with Crippen LogP contribution in [-0.4, -0.2) is 31.1 Å². The fourth-order valence-electron chi connectivity index (χ4n) is 3.32. The summed E-state index contributed by atoms with van der Waals surface area (Å²) in [5.74, 6) is 1.64. The molecule has 0 aliphatic carbocycles. The van der Waals surface area contributed by atoms with Crippen molar-refractivity contribution in [1.82, 2.24) is 0 Å². The van der Waals surface area contributed by atoms with Gasteiger partial charge in [-0.25, -0.2) is 0 Å². The van der Waals surface area contributed by atoms with Crippen molar-refractivity contribution in [3.63, 3.8) is 0 Å². The lowest BCUT2D eigenvalue weighted by molar-refractivity contribution is -0.125. The standard InChI is InChI=1S/C24H30N2O4/c1-16(2)15-26-21-12-9-19(14-22(21)30-18(4)24(26)28)25-23(27)6-5-13-29-20-10-7-17(3)8-11-20/h7-12,14,16,18H,5-6,13,15H2,1-4H3,(H,25,27). The molecular formula is C24H30N2O4. The van der Waals surface area contributed by atoms with Gasteiger partial charge in [0.05, 0.1) is 12.3 Å². The fraction of sp³-hybridized carbons (Fsp3) is 0.417. The Labute approximate surface area is 178 Å². The van der Waals surface area contributed by atoms with Crippen molar-refractivity contribution >= 4 is 23.2 Å². The van der Waals surface area contributed by atoms with Crippen molar-refractivity contribution in [2.45, 2.75) is 46.6 Å². The molecule has 2 amide bonds. The van der Waals surface area contributed by atoms with Crippen molar-refractivity contribution in [1.29, 1.82) is 0 Å². The molecule has 6 nitrogen and oxygen atoms in total. The van der Waals surface area contributed by atoms with Crippen molar-refractivity contribution in [2.24, 2.45) is 5.92 Å². The van der Waals surface area contributed by atoms with Crippen molar-refractivity contribution in [3.05, 3.63) is 48.0 Å². The minimum Gasteiger partial charge on any atom is -0.494 e. The molecule has 2 aromatic carbocycles. The highest BCUT2D eigenvalue weighted by Gasteiger charge is 2.31. The lowest BCUT2D eigenvalue weighted by atomic mass is 10.1. The van der Waals surface area contributed by atoms with Gasteiger partial charge < -0.3 is 19.7 Å². The fourth-order valence-corrected chi connectivity index (χ4v) is 3.32. The molecule has 160 valence electrons. The molecule has 1 atom stereocenters. The van der Waals surface area contributed by atoms with E-state index in [0.717, 1.165) is 11.4 Å². The summed E-state index contributed by atoms with van der Waals surface area (Å²) in [5.41, 5.74) is 2.59. The van der Waals surface area contributed by atoms with Crippen LogP contribution in [0.2, 0.25) is 0 Å². The molecule has 0 saturated carbocycles. The SMILES string of the molecule is Cc1ccc(OCCCC(=O)Nc2ccc3c(c2)OC(C)C(=O)N3CC(C)C)cc1. The van der Waals surface area contributed by atoms with Gasteiger partial charge in [0.15, 0.2) is 6.10 Å². The second-order valence-electron chi connectivity index (χ2n) is 8.10. The molecule has 0 bridgehead atoms. The van der Waals surface area contributed by atoms with Gasteiger partial charge in [0.1, 0.15) is 11.5 Å². The third-order valence-corrected chi connectivity index (χ3v) is 4.84. The molecule has 0 aromatic heterocycles. The molecule has 0 spiro atoms. The van der Waals surface area contributed by atoms with E-state index in [2.05, 4.69) is 19.2 Å². The number of ether oxygens (including phenoxy) is 2. The van der Waals surface area contributed by atoms with Crippen LogP contribution in [0.5, 0.6) is 11.5 Å². The molecule has 0 radical (unpaired) electrons. The minimum atomic E-state index is -0.541. The zero-order valence-electron chi connectivity index (χ0n) is 18.1. The lowest BCUT2D eigenvalue weighted by Crippen LogP contribution is -2.46. The summed E-state index contributed by atoms with van der Waals surface area (Å²) in [7, 11) is 0. The molecule has 6 heteroatoms. The van der Waals surface area contributed by atoms with Gasteiger partial charge in [-0.1, -0.05) is 31.5 Å². The van der Waals surface area contributed by atoms with E-state index in [1.54, 1.807) is 24.0 Å². The Balaban J connectivity index is 1.54. The molecule has 1 aliphatic heterocycles. The Hall–Kier alpha value is -3.02. The van der Waals surface area contributed by atoms with Gasteiger partial charge in [0.25, 0.3) is 5.91 Å². The maximum absolute atomic E-state index is 12.5. The Kier molecular flexibility index (Phi) is 6.98. The number of amides is 2. The third-order valence-electron chi connectivity index (χ3n) is 4.84. The second-order valence-corrected chi connectivity index (χ2v) is 8.10. The molecule has 3 rings (SSSR count). The number of aryl methyl sites for hydroxylation is 1. The van der Waals surface area contributed by atoms with Crippen molar-refractivity contribution in [3.8, 4) is 11.5 Å². The highest BCUT2D eigenvalue weighted by Crippen LogP contribution is 2.36. The van der Waals surface area contributed by atoms with Crippen LogP contribution in [0.25, 0.3) is 0 Å². The maximum atomic E-state index is 12.5. The summed E-state index contributed by atoms with van der Waals surface area (Å²) in [6.07, 6.45) is 0.439. The first-order chi connectivity index (χ1) is 14.3. The van der Waals surface area contributed by atoms with Gasteiger partial charge in [-0.3, -0.25) is 9.59 Å². The highest BCUT2D eigenvalue weighted by atomic mass is 16.5. The van der Waals surface area contributed by atoms with Crippen LogP contribution in [0.1, 0.15) is 39.2 Å². The molecule has 0 saturated heterocycles. The number of nitrogens with zero attached hydrogens (tertiary/aromatic N) is 1. The summed E-state index contributed by atoms with van der Waals surface area (Å²) in [5, 5.41) is 2.90. The Morgan fingerprint density at radius 3 is 2.63 bits per heavy atom. The predicted molar refractivity (Wildman–Crippen MR) is 118 cm³/mol. The smallest absolute Gasteiger partial charge is 0.267 e. The van der Waals surface area contributed by atoms with E-state index < -0.39 is 6.10 Å². The average Bonchev–Trinajstić information content (AvgIpc) is 2.70. The molecule has 1 unspecified atom stereocenters. The van der Waals surface area contributed by atoms with E-state index in [0.29, 0.717) is 43.3 Å². The molecule has 1 heterocycles. The maximum Gasteiger partial charge on any atom is 0.267 e. The number of nitrogens with one attached hydrogen (secondary N) is 1. The van der Waals surface area contributed by atoms with Gasteiger partial charge in [-0.15, -0.1) is 0 Å². The van der Waals surface area contributed by atoms with Crippen LogP contribution in [-0.2, 0) is 9.59 Å². The number of rotatable bonds is 8. The summed E-state index contributed by atoms with van der Waals surface area (Å²) in [6.45, 7) is 9.03. The van der Waals surface area contributed by atoms with Gasteiger partial charge in [0.2, 0.25) is 5.91 Å². The third kappa shape index (κ3) is 5.53. The van der Waals surface area contributed by atoms with Crippen LogP contribution in [0.4, 0.5) is 11.4 Å². The van der Waals surface area contributed by atoms with Gasteiger partial charge in [-0.05, 0) is 50.5 Å². The number of carbonyl (C=O) groups is 2. The average molecular weight is 411 g/mol. The quantitative estimate of drug-likeness (QED) is 0.648. The first kappa shape index (κ1) is 21.7. The first-order valence-electron chi connectivity index (χ1n) is 10.4. The summed E-state index contributed by atoms with van der Waals surface area (Å²) < 4.78 is 11.4.